The summed E-state index contributed by atoms with van der Waals surface area (Å²) in [6, 6.07) is 0. The quantitative estimate of drug-likeness (QED) is 0.293. The highest BCUT2D eigenvalue weighted by atomic mass is 31.2. The van der Waals surface area contributed by atoms with Crippen LogP contribution in [0.3, 0.4) is 0 Å². The molecule has 2 N–H and O–H groups in total. The fourth-order valence-electron chi connectivity index (χ4n) is 0.921. The molecule has 0 aliphatic carbocycles. The number of esters is 1. The Hall–Kier alpha value is -0.680. The number of unbranched alkanes of at least 4 members (excludes halogenated alkanes) is 2. The molecule has 0 aromatic heterocycles. The van der Waals surface area contributed by atoms with Gasteiger partial charge in [0.15, 0.2) is 0 Å². The van der Waals surface area contributed by atoms with Crippen LogP contribution in [0, 0.1) is 0 Å². The van der Waals surface area contributed by atoms with E-state index in [0.29, 0.717) is 25.9 Å². The maximum atomic E-state index is 10.8. The lowest BCUT2D eigenvalue weighted by atomic mass is 10.2. The minimum atomic E-state index is -4.34. The van der Waals surface area contributed by atoms with Gasteiger partial charge in [0, 0.05) is 6.08 Å². The zero-order chi connectivity index (χ0) is 12.4. The second-order valence-electron chi connectivity index (χ2n) is 3.05. The molecule has 16 heavy (non-hydrogen) atoms. The van der Waals surface area contributed by atoms with E-state index in [2.05, 4.69) is 4.52 Å². The highest BCUT2D eigenvalue weighted by Gasteiger charge is 2.12. The van der Waals surface area contributed by atoms with Gasteiger partial charge in [-0.05, 0) is 26.2 Å². The predicted octanol–water partition coefficient (Wildman–Crippen LogP) is 1.39. The standard InChI is InChI=1S/C9H17O6P/c1-2-6-9(10)14-7-4-3-5-8-15-16(11,12)13/h2,6H,3-5,7-8H2,1H3,(H2,11,12,13)/b6-2+. The van der Waals surface area contributed by atoms with Crippen LogP contribution < -0.4 is 0 Å². The first kappa shape index (κ1) is 15.3. The molecule has 0 amide bonds. The number of phosphoric acid groups is 1. The van der Waals surface area contributed by atoms with E-state index in [1.54, 1.807) is 13.0 Å². The van der Waals surface area contributed by atoms with Gasteiger partial charge in [-0.15, -0.1) is 0 Å². The molecule has 0 fully saturated rings. The normalized spacial score (nSPS) is 11.9. The minimum Gasteiger partial charge on any atom is -0.463 e. The first-order valence-electron chi connectivity index (χ1n) is 4.95. The molecule has 7 heteroatoms. The maximum Gasteiger partial charge on any atom is 0.469 e. The zero-order valence-electron chi connectivity index (χ0n) is 9.16. The summed E-state index contributed by atoms with van der Waals surface area (Å²) >= 11 is 0. The van der Waals surface area contributed by atoms with E-state index < -0.39 is 7.82 Å². The van der Waals surface area contributed by atoms with Crippen LogP contribution in [-0.2, 0) is 18.6 Å². The number of rotatable bonds is 8. The summed E-state index contributed by atoms with van der Waals surface area (Å²) in [6.07, 6.45) is 4.77. The molecular formula is C9H17O6P. The summed E-state index contributed by atoms with van der Waals surface area (Å²) in [5.41, 5.74) is 0. The first-order chi connectivity index (χ1) is 7.45. The van der Waals surface area contributed by atoms with E-state index in [0.717, 1.165) is 0 Å². The third-order valence-corrected chi connectivity index (χ3v) is 2.11. The van der Waals surface area contributed by atoms with Gasteiger partial charge < -0.3 is 14.5 Å². The molecule has 0 spiro atoms. The summed E-state index contributed by atoms with van der Waals surface area (Å²) < 4.78 is 19.3. The Balaban J connectivity index is 3.28. The number of allylic oxidation sites excluding steroid dienone is 1. The second-order valence-corrected chi connectivity index (χ2v) is 4.29. The molecule has 0 unspecified atom stereocenters. The zero-order valence-corrected chi connectivity index (χ0v) is 10.1. The number of carbonyl (C=O) groups excluding carboxylic acids is 1. The average Bonchev–Trinajstić information content (AvgIpc) is 2.15. The van der Waals surface area contributed by atoms with Gasteiger partial charge >= 0.3 is 13.8 Å². The van der Waals surface area contributed by atoms with E-state index in [1.807, 2.05) is 0 Å². The lowest BCUT2D eigenvalue weighted by Crippen LogP contribution is -2.02. The Bertz CT molecular complexity index is 269. The van der Waals surface area contributed by atoms with E-state index in [9.17, 15) is 9.36 Å². The van der Waals surface area contributed by atoms with Crippen LogP contribution in [-0.4, -0.2) is 29.0 Å². The van der Waals surface area contributed by atoms with Crippen molar-refractivity contribution in [2.45, 2.75) is 26.2 Å². The Kier molecular flexibility index (Phi) is 8.11. The summed E-state index contributed by atoms with van der Waals surface area (Å²) in [6.45, 7) is 2.03. The van der Waals surface area contributed by atoms with Gasteiger partial charge in [0.05, 0.1) is 13.2 Å². The van der Waals surface area contributed by atoms with Crippen LogP contribution in [0.2, 0.25) is 0 Å². The topological polar surface area (TPSA) is 93.1 Å². The van der Waals surface area contributed by atoms with Crippen LogP contribution in [0.1, 0.15) is 26.2 Å². The smallest absolute Gasteiger partial charge is 0.463 e. The molecule has 0 aromatic carbocycles. The maximum absolute atomic E-state index is 10.8. The molecule has 0 aliphatic heterocycles. The van der Waals surface area contributed by atoms with Crippen LogP contribution >= 0.6 is 7.82 Å². The fourth-order valence-corrected chi connectivity index (χ4v) is 1.29. The molecule has 0 saturated carbocycles. The fraction of sp³-hybridized carbons (Fsp3) is 0.667. The average molecular weight is 252 g/mol. The molecule has 0 aromatic rings. The summed E-state index contributed by atoms with van der Waals surface area (Å²) in [5.74, 6) is -0.381. The number of hydrogen-bond acceptors (Lipinski definition) is 4. The molecule has 0 heterocycles. The van der Waals surface area contributed by atoms with E-state index in [-0.39, 0.29) is 12.6 Å². The monoisotopic (exact) mass is 252 g/mol. The lowest BCUT2D eigenvalue weighted by Gasteiger charge is -2.04. The molecule has 0 rings (SSSR count). The van der Waals surface area contributed by atoms with Gasteiger partial charge in [0.25, 0.3) is 0 Å². The van der Waals surface area contributed by atoms with Crippen molar-refractivity contribution in [2.75, 3.05) is 13.2 Å². The minimum absolute atomic E-state index is 0.00703. The van der Waals surface area contributed by atoms with Crippen molar-refractivity contribution in [3.63, 3.8) is 0 Å². The van der Waals surface area contributed by atoms with E-state index >= 15 is 0 Å². The Morgan fingerprint density at radius 3 is 2.44 bits per heavy atom. The van der Waals surface area contributed by atoms with Crippen molar-refractivity contribution in [1.29, 1.82) is 0 Å². The molecular weight excluding hydrogens is 235 g/mol. The molecule has 0 radical (unpaired) electrons. The lowest BCUT2D eigenvalue weighted by molar-refractivity contribution is -0.137. The van der Waals surface area contributed by atoms with Crippen molar-refractivity contribution < 1.29 is 28.4 Å². The van der Waals surface area contributed by atoms with Crippen LogP contribution in [0.15, 0.2) is 12.2 Å². The highest BCUT2D eigenvalue weighted by Crippen LogP contribution is 2.35. The van der Waals surface area contributed by atoms with Gasteiger partial charge in [0.2, 0.25) is 0 Å². The molecule has 0 bridgehead atoms. The van der Waals surface area contributed by atoms with Crippen molar-refractivity contribution in [3.8, 4) is 0 Å². The van der Waals surface area contributed by atoms with Crippen molar-refractivity contribution in [3.05, 3.63) is 12.2 Å². The molecule has 6 nitrogen and oxygen atoms in total. The van der Waals surface area contributed by atoms with Crippen molar-refractivity contribution >= 4 is 13.8 Å². The largest absolute Gasteiger partial charge is 0.469 e. The third-order valence-electron chi connectivity index (χ3n) is 1.60. The number of phosphoric ester groups is 1. The van der Waals surface area contributed by atoms with Gasteiger partial charge in [-0.1, -0.05) is 6.08 Å². The second kappa shape index (κ2) is 8.47. The Labute approximate surface area is 94.5 Å². The number of carbonyl (C=O) groups is 1. The summed E-state index contributed by atoms with van der Waals surface area (Å²) in [5, 5.41) is 0. The van der Waals surface area contributed by atoms with Gasteiger partial charge in [-0.25, -0.2) is 9.36 Å². The Morgan fingerprint density at radius 2 is 1.88 bits per heavy atom. The molecule has 0 aliphatic rings. The Morgan fingerprint density at radius 1 is 1.25 bits per heavy atom. The van der Waals surface area contributed by atoms with Crippen LogP contribution in [0.5, 0.6) is 0 Å². The highest BCUT2D eigenvalue weighted by molar-refractivity contribution is 7.46. The molecule has 0 saturated heterocycles. The van der Waals surface area contributed by atoms with Crippen molar-refractivity contribution in [2.24, 2.45) is 0 Å². The number of ether oxygens (including phenoxy) is 1. The van der Waals surface area contributed by atoms with Gasteiger partial charge in [-0.2, -0.15) is 0 Å². The van der Waals surface area contributed by atoms with Gasteiger partial charge in [-0.3, -0.25) is 4.52 Å². The summed E-state index contributed by atoms with van der Waals surface area (Å²) in [7, 11) is -4.34. The SMILES string of the molecule is C/C=C/C(=O)OCCCCCOP(=O)(O)O. The summed E-state index contributed by atoms with van der Waals surface area (Å²) in [4.78, 5) is 27.6. The van der Waals surface area contributed by atoms with Gasteiger partial charge in [0.1, 0.15) is 0 Å². The van der Waals surface area contributed by atoms with E-state index in [1.165, 1.54) is 6.08 Å². The molecule has 0 atom stereocenters. The molecule has 94 valence electrons. The van der Waals surface area contributed by atoms with E-state index in [4.69, 9.17) is 14.5 Å². The number of hydrogen-bond donors (Lipinski definition) is 2. The third kappa shape index (κ3) is 11.4. The van der Waals surface area contributed by atoms with Crippen LogP contribution in [0.4, 0.5) is 0 Å². The predicted molar refractivity (Wildman–Crippen MR) is 57.6 cm³/mol. The first-order valence-corrected chi connectivity index (χ1v) is 6.48. The van der Waals surface area contributed by atoms with Crippen molar-refractivity contribution in [1.82, 2.24) is 0 Å². The van der Waals surface area contributed by atoms with Crippen LogP contribution in [0.25, 0.3) is 0 Å².